The fraction of sp³-hybridized carbons (Fsp3) is 0.600. The number of rotatable bonds is 6. The fourth-order valence-electron chi connectivity index (χ4n) is 4.27. The summed E-state index contributed by atoms with van der Waals surface area (Å²) in [5, 5.41) is 0. The Hall–Kier alpha value is -2.04. The summed E-state index contributed by atoms with van der Waals surface area (Å²) in [5.41, 5.74) is 1.53. The van der Waals surface area contributed by atoms with Gasteiger partial charge in [-0.1, -0.05) is 19.8 Å². The highest BCUT2D eigenvalue weighted by Crippen LogP contribution is 2.43. The number of ether oxygens (including phenoxy) is 1. The molecule has 1 aromatic rings. The maximum absolute atomic E-state index is 12.1. The highest BCUT2D eigenvalue weighted by atomic mass is 16.6. The van der Waals surface area contributed by atoms with E-state index in [1.807, 2.05) is 13.0 Å². The van der Waals surface area contributed by atoms with E-state index in [4.69, 9.17) is 4.74 Å². The van der Waals surface area contributed by atoms with Crippen LogP contribution in [0.3, 0.4) is 0 Å². The minimum atomic E-state index is -0.715. The summed E-state index contributed by atoms with van der Waals surface area (Å²) in [6.07, 6.45) is 7.10. The fourth-order valence-corrected chi connectivity index (χ4v) is 4.27. The first-order valence-corrected chi connectivity index (χ1v) is 9.24. The topological polar surface area (TPSA) is 73.3 Å². The van der Waals surface area contributed by atoms with Gasteiger partial charge in [0.15, 0.2) is 6.29 Å². The standard InChI is InChI=1S/C20H25NO4/c1-2-16-8-7-14(13-22)18(21-16)9-10-20(15-5-3-4-6-15)12-17(23)11-19(24)25-20/h7-8,13,15H,2-6,9-12H2,1H3. The average Bonchev–Trinajstić information content (AvgIpc) is 3.14. The van der Waals surface area contributed by atoms with Crippen molar-refractivity contribution in [2.24, 2.45) is 5.92 Å². The number of aryl methyl sites for hydroxylation is 2. The van der Waals surface area contributed by atoms with Crippen LogP contribution in [0.5, 0.6) is 0 Å². The molecule has 1 aromatic heterocycles. The van der Waals surface area contributed by atoms with E-state index in [-0.39, 0.29) is 18.1 Å². The molecule has 0 bridgehead atoms. The van der Waals surface area contributed by atoms with E-state index in [0.717, 1.165) is 49.8 Å². The van der Waals surface area contributed by atoms with Gasteiger partial charge in [0.25, 0.3) is 0 Å². The molecule has 1 saturated carbocycles. The molecule has 0 radical (unpaired) electrons. The molecule has 2 fully saturated rings. The number of ketones is 1. The van der Waals surface area contributed by atoms with Gasteiger partial charge in [0.05, 0.1) is 5.69 Å². The zero-order valence-electron chi connectivity index (χ0n) is 14.8. The smallest absolute Gasteiger partial charge is 0.313 e. The predicted octanol–water partition coefficient (Wildman–Crippen LogP) is 3.22. The van der Waals surface area contributed by atoms with Crippen LogP contribution in [0.4, 0.5) is 0 Å². The van der Waals surface area contributed by atoms with Gasteiger partial charge in [0.2, 0.25) is 0 Å². The molecular weight excluding hydrogens is 318 g/mol. The van der Waals surface area contributed by atoms with Gasteiger partial charge in [0, 0.05) is 17.7 Å². The summed E-state index contributed by atoms with van der Waals surface area (Å²) in [6.45, 7) is 2.02. The molecule has 1 saturated heterocycles. The maximum atomic E-state index is 12.1. The number of esters is 1. The van der Waals surface area contributed by atoms with Crippen LogP contribution in [0.25, 0.3) is 0 Å². The first-order chi connectivity index (χ1) is 12.1. The summed E-state index contributed by atoms with van der Waals surface area (Å²) in [5.74, 6) is -0.210. The van der Waals surface area contributed by atoms with Gasteiger partial charge >= 0.3 is 5.97 Å². The monoisotopic (exact) mass is 343 g/mol. The van der Waals surface area contributed by atoms with Crippen molar-refractivity contribution in [2.45, 2.75) is 70.3 Å². The van der Waals surface area contributed by atoms with Gasteiger partial charge in [0.1, 0.15) is 17.8 Å². The maximum Gasteiger partial charge on any atom is 0.313 e. The van der Waals surface area contributed by atoms with Crippen LogP contribution in [0.15, 0.2) is 12.1 Å². The largest absolute Gasteiger partial charge is 0.458 e. The first-order valence-electron chi connectivity index (χ1n) is 9.24. The number of pyridine rings is 1. The lowest BCUT2D eigenvalue weighted by Crippen LogP contribution is -2.48. The lowest BCUT2D eigenvalue weighted by Gasteiger charge is -2.41. The third-order valence-electron chi connectivity index (χ3n) is 5.60. The summed E-state index contributed by atoms with van der Waals surface area (Å²) in [6, 6.07) is 3.67. The van der Waals surface area contributed by atoms with Crippen molar-refractivity contribution in [1.82, 2.24) is 4.98 Å². The van der Waals surface area contributed by atoms with Crippen LogP contribution < -0.4 is 0 Å². The molecule has 5 heteroatoms. The van der Waals surface area contributed by atoms with E-state index >= 15 is 0 Å². The Morgan fingerprint density at radius 3 is 2.68 bits per heavy atom. The molecular formula is C20H25NO4. The van der Waals surface area contributed by atoms with Crippen molar-refractivity contribution in [3.05, 3.63) is 29.1 Å². The number of Topliss-reactive ketones (excluding diaryl/α,β-unsaturated/α-hetero) is 1. The SMILES string of the molecule is CCc1ccc(C=O)c(CCC2(C3CCCC3)CC(=O)CC(=O)O2)n1. The van der Waals surface area contributed by atoms with Gasteiger partial charge < -0.3 is 4.74 Å². The Morgan fingerprint density at radius 2 is 2.04 bits per heavy atom. The highest BCUT2D eigenvalue weighted by molar-refractivity contribution is 5.98. The molecule has 1 aliphatic heterocycles. The minimum Gasteiger partial charge on any atom is -0.458 e. The van der Waals surface area contributed by atoms with Gasteiger partial charge in [-0.25, -0.2) is 0 Å². The molecule has 5 nitrogen and oxygen atoms in total. The van der Waals surface area contributed by atoms with Gasteiger partial charge in [-0.15, -0.1) is 0 Å². The third-order valence-corrected chi connectivity index (χ3v) is 5.60. The number of aldehydes is 1. The zero-order valence-corrected chi connectivity index (χ0v) is 14.8. The Bertz CT molecular complexity index is 660. The Balaban J connectivity index is 1.85. The summed E-state index contributed by atoms with van der Waals surface area (Å²) in [4.78, 5) is 40.0. The van der Waals surface area contributed by atoms with Crippen molar-refractivity contribution >= 4 is 18.0 Å². The quantitative estimate of drug-likeness (QED) is 0.450. The second-order valence-electron chi connectivity index (χ2n) is 7.22. The van der Waals surface area contributed by atoms with Gasteiger partial charge in [-0.3, -0.25) is 19.4 Å². The van der Waals surface area contributed by atoms with Crippen LogP contribution in [-0.2, 0) is 27.2 Å². The first kappa shape index (κ1) is 17.8. The summed E-state index contributed by atoms with van der Waals surface area (Å²) in [7, 11) is 0. The molecule has 0 aromatic carbocycles. The minimum absolute atomic E-state index is 0.0333. The summed E-state index contributed by atoms with van der Waals surface area (Å²) < 4.78 is 5.80. The van der Waals surface area contributed by atoms with Crippen molar-refractivity contribution in [1.29, 1.82) is 0 Å². The predicted molar refractivity (Wildman–Crippen MR) is 92.3 cm³/mol. The van der Waals surface area contributed by atoms with Crippen molar-refractivity contribution in [3.8, 4) is 0 Å². The van der Waals surface area contributed by atoms with Crippen molar-refractivity contribution in [2.75, 3.05) is 0 Å². The number of cyclic esters (lactones) is 1. The van der Waals surface area contributed by atoms with E-state index < -0.39 is 11.6 Å². The van der Waals surface area contributed by atoms with Gasteiger partial charge in [-0.2, -0.15) is 0 Å². The van der Waals surface area contributed by atoms with Gasteiger partial charge in [-0.05, 0) is 50.2 Å². The molecule has 134 valence electrons. The number of hydrogen-bond donors (Lipinski definition) is 0. The third kappa shape index (κ3) is 3.80. The Kier molecular flexibility index (Phi) is 5.30. The molecule has 0 amide bonds. The lowest BCUT2D eigenvalue weighted by atomic mass is 9.76. The molecule has 0 spiro atoms. The van der Waals surface area contributed by atoms with Crippen LogP contribution in [-0.4, -0.2) is 28.6 Å². The molecule has 25 heavy (non-hydrogen) atoms. The lowest BCUT2D eigenvalue weighted by molar-refractivity contribution is -0.178. The van der Waals surface area contributed by atoms with E-state index in [9.17, 15) is 14.4 Å². The van der Waals surface area contributed by atoms with Crippen LogP contribution in [0.2, 0.25) is 0 Å². The van der Waals surface area contributed by atoms with E-state index in [1.54, 1.807) is 6.07 Å². The number of hydrogen-bond acceptors (Lipinski definition) is 5. The van der Waals surface area contributed by atoms with Crippen LogP contribution in [0, 0.1) is 5.92 Å². The molecule has 1 aliphatic carbocycles. The Labute approximate surface area is 148 Å². The van der Waals surface area contributed by atoms with E-state index in [0.29, 0.717) is 24.8 Å². The second-order valence-corrected chi connectivity index (χ2v) is 7.22. The molecule has 3 rings (SSSR count). The van der Waals surface area contributed by atoms with Crippen LogP contribution in [0.1, 0.15) is 73.6 Å². The second kappa shape index (κ2) is 7.46. The molecule has 2 aliphatic rings. The van der Waals surface area contributed by atoms with Crippen LogP contribution >= 0.6 is 0 Å². The molecule has 2 heterocycles. The molecule has 1 atom stereocenters. The normalized spacial score (nSPS) is 24.4. The van der Waals surface area contributed by atoms with E-state index in [2.05, 4.69) is 4.98 Å². The Morgan fingerprint density at radius 1 is 1.28 bits per heavy atom. The van der Waals surface area contributed by atoms with Crippen molar-refractivity contribution in [3.63, 3.8) is 0 Å². The molecule has 0 N–H and O–H groups in total. The molecule has 1 unspecified atom stereocenters. The van der Waals surface area contributed by atoms with Crippen molar-refractivity contribution < 1.29 is 19.1 Å². The summed E-state index contributed by atoms with van der Waals surface area (Å²) >= 11 is 0. The zero-order chi connectivity index (χ0) is 17.9. The van der Waals surface area contributed by atoms with E-state index in [1.165, 1.54) is 0 Å². The average molecular weight is 343 g/mol. The number of nitrogens with zero attached hydrogens (tertiary/aromatic N) is 1. The number of carbonyl (C=O) groups is 3. The highest BCUT2D eigenvalue weighted by Gasteiger charge is 2.47. The number of carbonyl (C=O) groups excluding carboxylic acids is 3. The number of aromatic nitrogens is 1.